The van der Waals surface area contributed by atoms with Crippen LogP contribution < -0.4 is 40.2 Å². The molecule has 0 aliphatic carbocycles. The number of amides is 2. The number of carboxylic acids is 1. The van der Waals surface area contributed by atoms with Gasteiger partial charge in [0.15, 0.2) is 0 Å². The van der Waals surface area contributed by atoms with Gasteiger partial charge in [0, 0.05) is 19.0 Å². The van der Waals surface area contributed by atoms with Crippen molar-refractivity contribution >= 4 is 48.2 Å². The quantitative estimate of drug-likeness (QED) is 0.136. The van der Waals surface area contributed by atoms with Crippen LogP contribution in [0.2, 0.25) is 0 Å². The zero-order chi connectivity index (χ0) is 25.2. The molecule has 188 valence electrons. The van der Waals surface area contributed by atoms with Crippen LogP contribution in [-0.2, 0) is 14.3 Å². The number of aromatic nitrogens is 2. The van der Waals surface area contributed by atoms with E-state index in [0.717, 1.165) is 0 Å². The number of carboxylic acid groups (broad SMARTS) is 1. The van der Waals surface area contributed by atoms with Crippen molar-refractivity contribution in [3.05, 3.63) is 57.1 Å². The molecule has 0 aliphatic rings. The Hall–Kier alpha value is -2.46. The Kier molecular flexibility index (Phi) is 23.4. The number of ether oxygens (including phenoxy) is 1. The van der Waals surface area contributed by atoms with Gasteiger partial charge in [-0.1, -0.05) is 24.4 Å². The van der Waals surface area contributed by atoms with Crippen LogP contribution in [0.4, 0.5) is 0 Å². The molecule has 2 aromatic rings. The van der Waals surface area contributed by atoms with Gasteiger partial charge < -0.3 is 41.0 Å². The number of hydrogen-bond acceptors (Lipinski definition) is 9. The van der Waals surface area contributed by atoms with Crippen molar-refractivity contribution in [1.82, 2.24) is 20.6 Å². The second-order valence-electron chi connectivity index (χ2n) is 5.71. The fourth-order valence-electron chi connectivity index (χ4n) is 1.91. The number of pyridine rings is 2. The normalized spacial score (nSPS) is 8.66. The molecule has 0 saturated carbocycles. The van der Waals surface area contributed by atoms with Crippen LogP contribution in [0, 0.1) is 9.28 Å². The largest absolute Gasteiger partial charge is 1.00 e. The smallest absolute Gasteiger partial charge is 0.870 e. The van der Waals surface area contributed by atoms with Gasteiger partial charge in [0.25, 0.3) is 11.8 Å². The number of nitrogens with one attached hydrogen (secondary N) is 4. The summed E-state index contributed by atoms with van der Waals surface area (Å²) in [5, 5.41) is 20.5. The Labute approximate surface area is 234 Å². The Morgan fingerprint density at radius 2 is 1.31 bits per heavy atom. The first kappa shape index (κ1) is 37.1. The maximum Gasteiger partial charge on any atom is 1.00 e. The number of hydrogen-bond donors (Lipinski definition) is 6. The molecule has 7 N–H and O–H groups in total. The van der Waals surface area contributed by atoms with Crippen LogP contribution in [0.15, 0.2) is 36.7 Å². The molecule has 15 heteroatoms. The monoisotopic (exact) mass is 538 g/mol. The molecule has 35 heavy (non-hydrogen) atoms. The third-order valence-corrected chi connectivity index (χ3v) is 3.90. The van der Waals surface area contributed by atoms with E-state index in [1.807, 2.05) is 0 Å². The first-order valence-corrected chi connectivity index (χ1v) is 10.4. The average molecular weight is 539 g/mol. The van der Waals surface area contributed by atoms with Crippen molar-refractivity contribution < 1.29 is 69.2 Å². The molecular formula is C20H27N4NaO8S2. The van der Waals surface area contributed by atoms with Crippen molar-refractivity contribution in [2.75, 3.05) is 26.3 Å². The fourth-order valence-corrected chi connectivity index (χ4v) is 2.37. The number of esters is 1. The van der Waals surface area contributed by atoms with E-state index in [1.165, 1.54) is 6.07 Å². The van der Waals surface area contributed by atoms with E-state index < -0.39 is 30.3 Å². The summed E-state index contributed by atoms with van der Waals surface area (Å²) in [5.74, 6) is -2.45. The van der Waals surface area contributed by atoms with Crippen molar-refractivity contribution in [2.45, 2.75) is 13.8 Å². The molecule has 2 heterocycles. The van der Waals surface area contributed by atoms with Gasteiger partial charge in [-0.15, -0.1) is 0 Å². The van der Waals surface area contributed by atoms with Crippen LogP contribution in [0.3, 0.4) is 0 Å². The number of aliphatic hydroxyl groups is 1. The molecule has 0 unspecified atom stereocenters. The van der Waals surface area contributed by atoms with Gasteiger partial charge in [0.05, 0.1) is 17.7 Å². The number of aromatic amines is 2. The molecule has 12 nitrogen and oxygen atoms in total. The average Bonchev–Trinajstić information content (AvgIpc) is 2.77. The Bertz CT molecular complexity index is 1050. The third kappa shape index (κ3) is 16.7. The van der Waals surface area contributed by atoms with Crippen molar-refractivity contribution in [3.8, 4) is 0 Å². The van der Waals surface area contributed by atoms with Crippen LogP contribution in [-0.4, -0.2) is 75.7 Å². The molecule has 0 bridgehead atoms. The Morgan fingerprint density at radius 1 is 0.914 bits per heavy atom. The molecular weight excluding hydrogens is 511 g/mol. The van der Waals surface area contributed by atoms with E-state index in [4.69, 9.17) is 34.6 Å². The maximum atomic E-state index is 11.6. The van der Waals surface area contributed by atoms with E-state index in [1.54, 1.807) is 44.4 Å². The summed E-state index contributed by atoms with van der Waals surface area (Å²) in [6.07, 6.45) is 3.22. The number of carbonyl (C=O) groups excluding carboxylic acids is 3. The van der Waals surface area contributed by atoms with Crippen LogP contribution >= 0.6 is 24.4 Å². The van der Waals surface area contributed by atoms with Crippen LogP contribution in [0.5, 0.6) is 0 Å². The Morgan fingerprint density at radius 3 is 1.66 bits per heavy atom. The summed E-state index contributed by atoms with van der Waals surface area (Å²) < 4.78 is 5.30. The van der Waals surface area contributed by atoms with Crippen molar-refractivity contribution in [2.24, 2.45) is 0 Å². The second kappa shape index (κ2) is 22.0. The number of H-pyrrole nitrogens is 2. The van der Waals surface area contributed by atoms with E-state index in [9.17, 15) is 19.2 Å². The molecule has 2 rings (SSSR count). The van der Waals surface area contributed by atoms with E-state index in [0.29, 0.717) is 16.8 Å². The first-order valence-electron chi connectivity index (χ1n) is 9.57. The number of aliphatic hydroxyl groups excluding tert-OH is 1. The molecule has 0 saturated heterocycles. The predicted molar refractivity (Wildman–Crippen MR) is 127 cm³/mol. The SMILES string of the molecule is CCO.CCOC(=O)CNC(=O)c1ccc[nH]c1=S.O=C(O)CNC(=O)c1ccc[nH]c1=S.[Na+].[OH-]. The van der Waals surface area contributed by atoms with Gasteiger partial charge in [0.2, 0.25) is 0 Å². The van der Waals surface area contributed by atoms with E-state index in [-0.39, 0.29) is 58.4 Å². The molecule has 0 fully saturated rings. The molecule has 0 atom stereocenters. The molecule has 0 aromatic carbocycles. The van der Waals surface area contributed by atoms with Gasteiger partial charge in [-0.3, -0.25) is 19.2 Å². The Balaban J connectivity index is -0.000000503. The van der Waals surface area contributed by atoms with Gasteiger partial charge in [0.1, 0.15) is 22.4 Å². The van der Waals surface area contributed by atoms with Gasteiger partial charge in [-0.05, 0) is 38.1 Å². The summed E-state index contributed by atoms with van der Waals surface area (Å²) in [6, 6.07) is 6.38. The number of carbonyl (C=O) groups is 4. The number of rotatable bonds is 7. The summed E-state index contributed by atoms with van der Waals surface area (Å²) in [5.41, 5.74) is 0.602. The van der Waals surface area contributed by atoms with E-state index >= 15 is 0 Å². The molecule has 2 amide bonds. The first-order chi connectivity index (χ1) is 15.7. The number of aliphatic carboxylic acids is 1. The van der Waals surface area contributed by atoms with E-state index in [2.05, 4.69) is 25.3 Å². The summed E-state index contributed by atoms with van der Waals surface area (Å²) in [6.45, 7) is 3.35. The van der Waals surface area contributed by atoms with Crippen LogP contribution in [0.1, 0.15) is 34.6 Å². The molecule has 0 spiro atoms. The van der Waals surface area contributed by atoms with Crippen molar-refractivity contribution in [3.63, 3.8) is 0 Å². The molecule has 2 aromatic heterocycles. The zero-order valence-electron chi connectivity index (χ0n) is 19.5. The summed E-state index contributed by atoms with van der Waals surface area (Å²) >= 11 is 9.77. The zero-order valence-corrected chi connectivity index (χ0v) is 23.1. The maximum absolute atomic E-state index is 11.6. The molecule has 0 radical (unpaired) electrons. The summed E-state index contributed by atoms with van der Waals surface area (Å²) in [4.78, 5) is 49.4. The van der Waals surface area contributed by atoms with Gasteiger partial charge in [-0.25, -0.2) is 0 Å². The topological polar surface area (TPSA) is 204 Å². The standard InChI is InChI=1S/C10H12N2O3S.C8H8N2O3S.C2H6O.Na.H2O/c1-2-15-8(13)6-12-9(14)7-4-3-5-11-10(7)16;11-6(12)4-10-7(13)5-2-1-3-9-8(5)14;1-2-3;;/h3-5H,2,6H2,1H3,(H,11,16)(H,12,14);1-3H,4H2,(H,9,14)(H,10,13)(H,11,12);3H,2H2,1H3;;1H2/q;;;+1;/p-1. The minimum atomic E-state index is -1.09. The van der Waals surface area contributed by atoms with Gasteiger partial charge >= 0.3 is 41.5 Å². The third-order valence-electron chi connectivity index (χ3n) is 3.22. The van der Waals surface area contributed by atoms with Crippen LogP contribution in [0.25, 0.3) is 0 Å². The minimum Gasteiger partial charge on any atom is -0.870 e. The van der Waals surface area contributed by atoms with Gasteiger partial charge in [-0.2, -0.15) is 0 Å². The second-order valence-corrected chi connectivity index (χ2v) is 6.52. The summed E-state index contributed by atoms with van der Waals surface area (Å²) in [7, 11) is 0. The minimum absolute atomic E-state index is 0. The van der Waals surface area contributed by atoms with Crippen molar-refractivity contribution in [1.29, 1.82) is 0 Å². The molecule has 0 aliphatic heterocycles. The fraction of sp³-hybridized carbons (Fsp3) is 0.300. The predicted octanol–water partition coefficient (Wildman–Crippen LogP) is -1.58.